The first-order valence-corrected chi connectivity index (χ1v) is 12.2. The molecule has 0 aliphatic rings. The minimum atomic E-state index is 0.610. The largest absolute Gasteiger partial charge is 0.497 e. The molecule has 0 atom stereocenters. The van der Waals surface area contributed by atoms with Crippen LogP contribution in [0.15, 0.2) is 91.0 Å². The van der Waals surface area contributed by atoms with Crippen molar-refractivity contribution in [2.45, 2.75) is 0 Å². The molecule has 1 aromatic heterocycles. The fourth-order valence-corrected chi connectivity index (χ4v) is 3.47. The lowest BCUT2D eigenvalue weighted by Gasteiger charge is -2.00. The van der Waals surface area contributed by atoms with Crippen molar-refractivity contribution in [2.24, 2.45) is 0 Å². The number of aromatic amines is 1. The van der Waals surface area contributed by atoms with Gasteiger partial charge in [0.1, 0.15) is 29.9 Å². The molecule has 0 aliphatic carbocycles. The molecule has 4 aromatic carbocycles. The number of ether oxygens (including phenoxy) is 2. The standard InChI is InChI=1S/C15H10N2O2.2C8H11NO/c18-8-10-1-4-12(5-2-10)15-16-13-6-3-11(9-19)7-14(13)17-15;2*1-9-7-3-5-8(10-2)6-4-7/h1-9H,(H,16,17);2*3-6,9H,1-2H3. The third kappa shape index (κ3) is 8.19. The molecule has 5 aromatic rings. The fourth-order valence-electron chi connectivity index (χ4n) is 3.47. The van der Waals surface area contributed by atoms with Crippen molar-refractivity contribution in [3.8, 4) is 22.9 Å². The summed E-state index contributed by atoms with van der Waals surface area (Å²) < 4.78 is 9.97. The van der Waals surface area contributed by atoms with Gasteiger partial charge in [-0.3, -0.25) is 9.59 Å². The molecule has 39 heavy (non-hydrogen) atoms. The van der Waals surface area contributed by atoms with E-state index in [-0.39, 0.29) is 0 Å². The summed E-state index contributed by atoms with van der Waals surface area (Å²) in [6.45, 7) is 0. The summed E-state index contributed by atoms with van der Waals surface area (Å²) >= 11 is 0. The summed E-state index contributed by atoms with van der Waals surface area (Å²) in [5.74, 6) is 2.49. The number of aldehydes is 2. The van der Waals surface area contributed by atoms with Crippen molar-refractivity contribution in [1.82, 2.24) is 9.97 Å². The molecule has 0 radical (unpaired) electrons. The molecule has 0 fully saturated rings. The lowest BCUT2D eigenvalue weighted by molar-refractivity contribution is 0.111. The number of hydrogen-bond donors (Lipinski definition) is 3. The lowest BCUT2D eigenvalue weighted by Crippen LogP contribution is -1.87. The number of methoxy groups -OCH3 is 2. The Labute approximate surface area is 228 Å². The first kappa shape index (κ1) is 28.5. The molecule has 0 spiro atoms. The van der Waals surface area contributed by atoms with Gasteiger partial charge in [-0.05, 0) is 66.7 Å². The van der Waals surface area contributed by atoms with E-state index < -0.39 is 0 Å². The molecule has 0 aliphatic heterocycles. The minimum absolute atomic E-state index is 0.610. The number of benzene rings is 4. The van der Waals surface area contributed by atoms with E-state index in [4.69, 9.17) is 9.47 Å². The summed E-state index contributed by atoms with van der Waals surface area (Å²) in [5.41, 5.74) is 5.96. The Morgan fingerprint density at radius 1 is 0.667 bits per heavy atom. The summed E-state index contributed by atoms with van der Waals surface area (Å²) in [5, 5.41) is 6.05. The van der Waals surface area contributed by atoms with Gasteiger partial charge in [0.25, 0.3) is 0 Å². The molecular formula is C31H32N4O4. The number of fused-ring (bicyclic) bond motifs is 1. The third-order valence-electron chi connectivity index (χ3n) is 5.72. The summed E-state index contributed by atoms with van der Waals surface area (Å²) in [6, 6.07) is 28.0. The number of carbonyl (C=O) groups excluding carboxylic acids is 2. The van der Waals surface area contributed by atoms with Crippen LogP contribution < -0.4 is 20.1 Å². The van der Waals surface area contributed by atoms with Crippen LogP contribution in [0.3, 0.4) is 0 Å². The maximum absolute atomic E-state index is 10.7. The zero-order chi connectivity index (χ0) is 28.0. The van der Waals surface area contributed by atoms with Crippen molar-refractivity contribution >= 4 is 35.0 Å². The van der Waals surface area contributed by atoms with Crippen LogP contribution in [0.1, 0.15) is 20.7 Å². The Balaban J connectivity index is 0.000000178. The van der Waals surface area contributed by atoms with Gasteiger partial charge < -0.3 is 25.1 Å². The Morgan fingerprint density at radius 2 is 1.15 bits per heavy atom. The first-order chi connectivity index (χ1) is 19.0. The maximum Gasteiger partial charge on any atom is 0.150 e. The molecule has 0 saturated heterocycles. The van der Waals surface area contributed by atoms with Gasteiger partial charge in [0.15, 0.2) is 0 Å². The van der Waals surface area contributed by atoms with Gasteiger partial charge >= 0.3 is 0 Å². The Bertz CT molecular complexity index is 1370. The van der Waals surface area contributed by atoms with E-state index in [0.29, 0.717) is 11.1 Å². The van der Waals surface area contributed by atoms with E-state index >= 15 is 0 Å². The topological polar surface area (TPSA) is 105 Å². The minimum Gasteiger partial charge on any atom is -0.497 e. The molecular weight excluding hydrogens is 492 g/mol. The molecule has 0 bridgehead atoms. The summed E-state index contributed by atoms with van der Waals surface area (Å²) in [4.78, 5) is 29.0. The number of rotatable bonds is 7. The second-order valence-corrected chi connectivity index (χ2v) is 8.18. The van der Waals surface area contributed by atoms with Gasteiger partial charge in [0, 0.05) is 42.2 Å². The van der Waals surface area contributed by atoms with E-state index in [2.05, 4.69) is 20.6 Å². The van der Waals surface area contributed by atoms with Crippen LogP contribution in [-0.2, 0) is 0 Å². The quantitative estimate of drug-likeness (QED) is 0.214. The molecule has 0 saturated carbocycles. The number of hydrogen-bond acceptors (Lipinski definition) is 7. The maximum atomic E-state index is 10.7. The number of anilines is 2. The predicted molar refractivity (Wildman–Crippen MR) is 157 cm³/mol. The van der Waals surface area contributed by atoms with Crippen molar-refractivity contribution in [3.63, 3.8) is 0 Å². The molecule has 3 N–H and O–H groups in total. The van der Waals surface area contributed by atoms with Gasteiger partial charge in [-0.2, -0.15) is 0 Å². The highest BCUT2D eigenvalue weighted by molar-refractivity contribution is 5.86. The van der Waals surface area contributed by atoms with Crippen molar-refractivity contribution in [1.29, 1.82) is 0 Å². The van der Waals surface area contributed by atoms with E-state index in [1.54, 1.807) is 44.6 Å². The molecule has 0 amide bonds. The number of nitrogens with zero attached hydrogens (tertiary/aromatic N) is 1. The number of nitrogens with one attached hydrogen (secondary N) is 3. The van der Waals surface area contributed by atoms with Crippen LogP contribution in [-0.4, -0.2) is 50.9 Å². The van der Waals surface area contributed by atoms with Crippen molar-refractivity contribution in [3.05, 3.63) is 102 Å². The average molecular weight is 525 g/mol. The highest BCUT2D eigenvalue weighted by atomic mass is 16.5. The van der Waals surface area contributed by atoms with Crippen molar-refractivity contribution in [2.75, 3.05) is 38.9 Å². The smallest absolute Gasteiger partial charge is 0.150 e. The van der Waals surface area contributed by atoms with Crippen LogP contribution in [0, 0.1) is 0 Å². The van der Waals surface area contributed by atoms with Crippen LogP contribution in [0.25, 0.3) is 22.4 Å². The number of carbonyl (C=O) groups is 2. The van der Waals surface area contributed by atoms with Crippen LogP contribution >= 0.6 is 0 Å². The number of imidazole rings is 1. The molecule has 200 valence electrons. The van der Waals surface area contributed by atoms with E-state index in [0.717, 1.165) is 57.9 Å². The normalized spacial score (nSPS) is 9.74. The Morgan fingerprint density at radius 3 is 1.59 bits per heavy atom. The lowest BCUT2D eigenvalue weighted by atomic mass is 10.1. The number of aromatic nitrogens is 2. The van der Waals surface area contributed by atoms with Gasteiger partial charge in [0.2, 0.25) is 0 Å². The van der Waals surface area contributed by atoms with Gasteiger partial charge in [-0.1, -0.05) is 24.3 Å². The predicted octanol–water partition coefficient (Wildman–Crippen LogP) is 6.33. The van der Waals surface area contributed by atoms with E-state index in [1.807, 2.05) is 74.8 Å². The summed E-state index contributed by atoms with van der Waals surface area (Å²) in [7, 11) is 7.10. The molecule has 5 rings (SSSR count). The van der Waals surface area contributed by atoms with Gasteiger partial charge in [0.05, 0.1) is 25.3 Å². The molecule has 1 heterocycles. The highest BCUT2D eigenvalue weighted by Gasteiger charge is 2.06. The van der Waals surface area contributed by atoms with E-state index in [1.165, 1.54) is 0 Å². The molecule has 8 heteroatoms. The van der Waals surface area contributed by atoms with Crippen LogP contribution in [0.4, 0.5) is 11.4 Å². The SMILES string of the molecule is CNc1ccc(OC)cc1.CNc1ccc(OC)cc1.O=Cc1ccc(-c2nc3ccc(C=O)cc3[nH]2)cc1. The fraction of sp³-hybridized carbons (Fsp3) is 0.129. The second-order valence-electron chi connectivity index (χ2n) is 8.18. The van der Waals surface area contributed by atoms with E-state index in [9.17, 15) is 9.59 Å². The number of H-pyrrole nitrogens is 1. The Hall–Kier alpha value is -5.11. The van der Waals surface area contributed by atoms with Crippen molar-refractivity contribution < 1.29 is 19.1 Å². The van der Waals surface area contributed by atoms with Gasteiger partial charge in [-0.15, -0.1) is 0 Å². The first-order valence-electron chi connectivity index (χ1n) is 12.2. The molecule has 8 nitrogen and oxygen atoms in total. The average Bonchev–Trinajstić information content (AvgIpc) is 3.45. The zero-order valence-electron chi connectivity index (χ0n) is 22.4. The van der Waals surface area contributed by atoms with Crippen LogP contribution in [0.5, 0.6) is 11.5 Å². The second kappa shape index (κ2) is 14.6. The third-order valence-corrected chi connectivity index (χ3v) is 5.72. The highest BCUT2D eigenvalue weighted by Crippen LogP contribution is 2.21. The van der Waals surface area contributed by atoms with Gasteiger partial charge in [-0.25, -0.2) is 4.98 Å². The zero-order valence-corrected chi connectivity index (χ0v) is 22.4. The van der Waals surface area contributed by atoms with Crippen LogP contribution in [0.2, 0.25) is 0 Å². The monoisotopic (exact) mass is 524 g/mol. The summed E-state index contributed by atoms with van der Waals surface area (Å²) in [6.07, 6.45) is 1.61. The Kier molecular flexibility index (Phi) is 10.6. The molecule has 0 unspecified atom stereocenters.